The van der Waals surface area contributed by atoms with Gasteiger partial charge >= 0.3 is 12.2 Å². The Hall–Kier alpha value is -4.66. The van der Waals surface area contributed by atoms with Gasteiger partial charge in [0.25, 0.3) is 5.91 Å². The van der Waals surface area contributed by atoms with Crippen molar-refractivity contribution in [2.24, 2.45) is 5.41 Å². The summed E-state index contributed by atoms with van der Waals surface area (Å²) in [6, 6.07) is 25.1. The molecule has 3 aromatic rings. The fourth-order valence-electron chi connectivity index (χ4n) is 5.19. The van der Waals surface area contributed by atoms with Crippen LogP contribution in [0, 0.1) is 5.41 Å². The van der Waals surface area contributed by atoms with Gasteiger partial charge in [-0.15, -0.1) is 0 Å². The Morgan fingerprint density at radius 3 is 2.14 bits per heavy atom. The molecule has 3 amide bonds. The lowest BCUT2D eigenvalue weighted by Gasteiger charge is -2.26. The molecule has 44 heavy (non-hydrogen) atoms. The monoisotopic (exact) mass is 599 g/mol. The van der Waals surface area contributed by atoms with E-state index in [1.54, 1.807) is 19.1 Å². The van der Waals surface area contributed by atoms with Gasteiger partial charge in [0.2, 0.25) is 5.78 Å². The lowest BCUT2D eigenvalue weighted by molar-refractivity contribution is -0.139. The highest BCUT2D eigenvalue weighted by Gasteiger charge is 2.45. The number of carbonyl (C=O) groups is 4. The molecule has 0 spiro atoms. The lowest BCUT2D eigenvalue weighted by Crippen LogP contribution is -2.49. The van der Waals surface area contributed by atoms with Crippen molar-refractivity contribution in [3.8, 4) is 16.9 Å². The van der Waals surface area contributed by atoms with Crippen LogP contribution in [0.2, 0.25) is 0 Å². The Bertz CT molecular complexity index is 1430. The standard InChI is InChI=1S/C35H41N3O6/c1-5-6-17-29(31(39)32(40)36-24(2)25-13-9-7-10-14-25)37-33(41)44-30-22-38(23-35(30,3)4)34(42)43-28-20-18-27(19-21-28)26-15-11-8-12-16-26/h7-16,18-21,24,29-30H,5-6,17,22-23H2,1-4H3,(H,36,40)(H,37,41)/t24-,29+,30+/m1/s1. The number of ketones is 1. The van der Waals surface area contributed by atoms with Gasteiger partial charge in [0.1, 0.15) is 17.9 Å². The van der Waals surface area contributed by atoms with Crippen molar-refractivity contribution in [3.05, 3.63) is 90.5 Å². The van der Waals surface area contributed by atoms with Crippen LogP contribution in [0.15, 0.2) is 84.9 Å². The van der Waals surface area contributed by atoms with Gasteiger partial charge < -0.3 is 25.0 Å². The molecule has 1 aliphatic rings. The van der Waals surface area contributed by atoms with E-state index in [1.165, 1.54) is 4.90 Å². The molecular weight excluding hydrogens is 558 g/mol. The van der Waals surface area contributed by atoms with Gasteiger partial charge in [-0.1, -0.05) is 106 Å². The molecule has 1 aliphatic heterocycles. The van der Waals surface area contributed by atoms with E-state index in [-0.39, 0.29) is 12.6 Å². The van der Waals surface area contributed by atoms with Crippen molar-refractivity contribution in [1.29, 1.82) is 0 Å². The maximum atomic E-state index is 13.1. The van der Waals surface area contributed by atoms with Crippen LogP contribution in [0.5, 0.6) is 5.75 Å². The van der Waals surface area contributed by atoms with Crippen molar-refractivity contribution < 1.29 is 28.7 Å². The summed E-state index contributed by atoms with van der Waals surface area (Å²) in [5.41, 5.74) is 2.36. The number of benzene rings is 3. The molecule has 0 aliphatic carbocycles. The Morgan fingerprint density at radius 1 is 0.886 bits per heavy atom. The molecule has 4 rings (SSSR count). The molecule has 2 N–H and O–H groups in total. The van der Waals surface area contributed by atoms with Crippen LogP contribution < -0.4 is 15.4 Å². The molecule has 9 heteroatoms. The summed E-state index contributed by atoms with van der Waals surface area (Å²) in [6.07, 6.45) is -0.286. The normalized spacial score (nSPS) is 16.8. The van der Waals surface area contributed by atoms with Gasteiger partial charge in [-0.2, -0.15) is 0 Å². The number of carbonyl (C=O) groups excluding carboxylic acids is 4. The van der Waals surface area contributed by atoms with Crippen molar-refractivity contribution in [3.63, 3.8) is 0 Å². The fraction of sp³-hybridized carbons (Fsp3) is 0.371. The summed E-state index contributed by atoms with van der Waals surface area (Å²) in [6.45, 7) is 7.98. The van der Waals surface area contributed by atoms with Gasteiger partial charge in [0.05, 0.1) is 12.6 Å². The Morgan fingerprint density at radius 2 is 1.50 bits per heavy atom. The second-order valence-corrected chi connectivity index (χ2v) is 11.8. The summed E-state index contributed by atoms with van der Waals surface area (Å²) in [5, 5.41) is 5.33. The number of unbranched alkanes of at least 4 members (excludes halogenated alkanes) is 1. The van der Waals surface area contributed by atoms with E-state index in [0.29, 0.717) is 25.1 Å². The molecule has 3 aromatic carbocycles. The molecule has 0 aromatic heterocycles. The maximum absolute atomic E-state index is 13.1. The first kappa shape index (κ1) is 32.3. The van der Waals surface area contributed by atoms with Crippen molar-refractivity contribution in [2.75, 3.05) is 13.1 Å². The van der Waals surface area contributed by atoms with Crippen LogP contribution >= 0.6 is 0 Å². The number of ether oxygens (including phenoxy) is 2. The maximum Gasteiger partial charge on any atom is 0.415 e. The predicted octanol–water partition coefficient (Wildman–Crippen LogP) is 6.29. The number of hydrogen-bond acceptors (Lipinski definition) is 6. The van der Waals surface area contributed by atoms with Crippen LogP contribution in [-0.2, 0) is 14.3 Å². The molecule has 0 unspecified atom stereocenters. The second-order valence-electron chi connectivity index (χ2n) is 11.8. The molecule has 9 nitrogen and oxygen atoms in total. The van der Waals surface area contributed by atoms with Crippen molar-refractivity contribution in [2.45, 2.75) is 65.1 Å². The van der Waals surface area contributed by atoms with Crippen LogP contribution in [0.3, 0.4) is 0 Å². The summed E-state index contributed by atoms with van der Waals surface area (Å²) >= 11 is 0. The zero-order chi connectivity index (χ0) is 31.7. The number of likely N-dealkylation sites (tertiary alicyclic amines) is 1. The van der Waals surface area contributed by atoms with Crippen molar-refractivity contribution >= 4 is 23.9 Å². The molecule has 0 radical (unpaired) electrons. The predicted molar refractivity (Wildman–Crippen MR) is 168 cm³/mol. The number of nitrogens with zero attached hydrogens (tertiary/aromatic N) is 1. The summed E-state index contributed by atoms with van der Waals surface area (Å²) < 4.78 is 11.3. The first-order chi connectivity index (χ1) is 21.1. The SMILES string of the molecule is CCCC[C@H](NC(=O)O[C@H]1CN(C(=O)Oc2ccc(-c3ccccc3)cc2)CC1(C)C)C(=O)C(=O)N[C@H](C)c1ccccc1. The molecule has 1 heterocycles. The molecule has 1 fully saturated rings. The zero-order valence-corrected chi connectivity index (χ0v) is 25.7. The molecule has 0 bridgehead atoms. The van der Waals surface area contributed by atoms with Gasteiger partial charge in [0, 0.05) is 12.0 Å². The second kappa shape index (κ2) is 14.7. The van der Waals surface area contributed by atoms with Gasteiger partial charge in [-0.25, -0.2) is 9.59 Å². The van der Waals surface area contributed by atoms with E-state index in [1.807, 2.05) is 93.6 Å². The number of rotatable bonds is 11. The Kier molecular flexibility index (Phi) is 10.8. The Labute approximate surface area is 258 Å². The van der Waals surface area contributed by atoms with Crippen LogP contribution in [0.1, 0.15) is 58.6 Å². The van der Waals surface area contributed by atoms with Crippen molar-refractivity contribution in [1.82, 2.24) is 15.5 Å². The smallest absolute Gasteiger partial charge is 0.415 e. The fourth-order valence-corrected chi connectivity index (χ4v) is 5.19. The zero-order valence-electron chi connectivity index (χ0n) is 25.7. The minimum atomic E-state index is -1.03. The summed E-state index contributed by atoms with van der Waals surface area (Å²) in [4.78, 5) is 53.4. The van der Waals surface area contributed by atoms with E-state index < -0.39 is 41.4 Å². The minimum absolute atomic E-state index is 0.129. The molecule has 0 saturated carbocycles. The highest BCUT2D eigenvalue weighted by molar-refractivity contribution is 6.38. The van der Waals surface area contributed by atoms with Crippen LogP contribution in [0.4, 0.5) is 9.59 Å². The first-order valence-electron chi connectivity index (χ1n) is 15.1. The third-order valence-corrected chi connectivity index (χ3v) is 7.86. The van der Waals surface area contributed by atoms with E-state index in [2.05, 4.69) is 10.6 Å². The molecule has 1 saturated heterocycles. The minimum Gasteiger partial charge on any atom is -0.444 e. The van der Waals surface area contributed by atoms with E-state index in [4.69, 9.17) is 9.47 Å². The number of alkyl carbamates (subject to hydrolysis) is 1. The average Bonchev–Trinajstić information content (AvgIpc) is 3.33. The highest BCUT2D eigenvalue weighted by atomic mass is 16.6. The third-order valence-electron chi connectivity index (χ3n) is 7.86. The Balaban J connectivity index is 1.33. The summed E-state index contributed by atoms with van der Waals surface area (Å²) in [7, 11) is 0. The van der Waals surface area contributed by atoms with Gasteiger partial charge in [-0.3, -0.25) is 9.59 Å². The van der Waals surface area contributed by atoms with Gasteiger partial charge in [-0.05, 0) is 42.2 Å². The summed E-state index contributed by atoms with van der Waals surface area (Å²) in [5.74, 6) is -1.09. The largest absolute Gasteiger partial charge is 0.444 e. The quantitative estimate of drug-likeness (QED) is 0.250. The van der Waals surface area contributed by atoms with E-state index in [9.17, 15) is 19.2 Å². The number of Topliss-reactive ketones (excluding diaryl/α,β-unsaturated/α-hetero) is 1. The van der Waals surface area contributed by atoms with E-state index >= 15 is 0 Å². The highest BCUT2D eigenvalue weighted by Crippen LogP contribution is 2.33. The topological polar surface area (TPSA) is 114 Å². The molecule has 3 atom stereocenters. The molecular formula is C35H41N3O6. The number of hydrogen-bond donors (Lipinski definition) is 2. The number of nitrogens with one attached hydrogen (secondary N) is 2. The molecule has 232 valence electrons. The first-order valence-corrected chi connectivity index (χ1v) is 15.1. The van der Waals surface area contributed by atoms with E-state index in [0.717, 1.165) is 23.1 Å². The average molecular weight is 600 g/mol. The lowest BCUT2D eigenvalue weighted by atomic mass is 9.90. The number of amides is 3. The van der Waals surface area contributed by atoms with Gasteiger partial charge in [0.15, 0.2) is 0 Å². The van der Waals surface area contributed by atoms with Crippen LogP contribution in [-0.4, -0.2) is 54.0 Å². The van der Waals surface area contributed by atoms with Crippen LogP contribution in [0.25, 0.3) is 11.1 Å². The third kappa shape index (κ3) is 8.46.